The molecule has 1 aliphatic carbocycles. The minimum Gasteiger partial charge on any atom is -0.456 e. The Balaban J connectivity index is 2.16. The van der Waals surface area contributed by atoms with Crippen LogP contribution in [0, 0.1) is 5.41 Å². The third kappa shape index (κ3) is 2.94. The van der Waals surface area contributed by atoms with Crippen LogP contribution in [0.15, 0.2) is 63.9 Å². The molecule has 0 saturated carbocycles. The number of fused-ring (bicyclic) bond motifs is 2. The number of anilines is 1. The largest absolute Gasteiger partial charge is 0.456 e. The predicted molar refractivity (Wildman–Crippen MR) is 104 cm³/mol. The molecule has 2 aromatic carbocycles. The molecule has 4 N–H and O–H groups in total. The van der Waals surface area contributed by atoms with Crippen LogP contribution >= 0.6 is 0 Å². The van der Waals surface area contributed by atoms with Crippen molar-refractivity contribution in [1.82, 2.24) is 0 Å². The summed E-state index contributed by atoms with van der Waals surface area (Å²) in [6, 6.07) is 13.8. The van der Waals surface area contributed by atoms with Crippen molar-refractivity contribution in [3.05, 3.63) is 65.5 Å². The third-order valence-electron chi connectivity index (χ3n) is 4.46. The first-order valence-corrected chi connectivity index (χ1v) is 9.60. The van der Waals surface area contributed by atoms with Crippen LogP contribution in [0.4, 0.5) is 5.69 Å². The summed E-state index contributed by atoms with van der Waals surface area (Å²) in [5.74, 6) is 0.427. The summed E-state index contributed by atoms with van der Waals surface area (Å²) in [7, 11) is -4.45. The van der Waals surface area contributed by atoms with Gasteiger partial charge in [-0.2, -0.15) is 8.42 Å². The van der Waals surface area contributed by atoms with E-state index in [9.17, 15) is 17.8 Å². The summed E-state index contributed by atoms with van der Waals surface area (Å²) < 4.78 is 38.1. The summed E-state index contributed by atoms with van der Waals surface area (Å²) in [6.45, 7) is 0. The zero-order chi connectivity index (χ0) is 20.1. The third-order valence-corrected chi connectivity index (χ3v) is 5.31. The molecule has 0 unspecified atom stereocenters. The molecule has 0 saturated heterocycles. The number of nitrogen functional groups attached to an aromatic ring is 1. The Labute approximate surface area is 159 Å². The molecule has 1 aliphatic heterocycles. The summed E-state index contributed by atoms with van der Waals surface area (Å²) in [5, 5.41) is 8.76. The highest BCUT2D eigenvalue weighted by Gasteiger charge is 2.21. The van der Waals surface area contributed by atoms with Gasteiger partial charge in [-0.25, -0.2) is 0 Å². The van der Waals surface area contributed by atoms with Gasteiger partial charge in [-0.15, -0.1) is 0 Å². The highest BCUT2D eigenvalue weighted by Crippen LogP contribution is 2.41. The average Bonchev–Trinajstić information content (AvgIpc) is 2.64. The van der Waals surface area contributed by atoms with E-state index < -0.39 is 10.1 Å². The molecular formula is C20H14N2O5S. The van der Waals surface area contributed by atoms with Gasteiger partial charge >= 0.3 is 0 Å². The van der Waals surface area contributed by atoms with Gasteiger partial charge in [0.2, 0.25) is 0 Å². The maximum Gasteiger partial charge on any atom is 0.294 e. The number of aldehydes is 1. The molecule has 2 aliphatic rings. The number of hydrogen-bond donors (Lipinski definition) is 3. The van der Waals surface area contributed by atoms with Gasteiger partial charge in [0, 0.05) is 39.9 Å². The average molecular weight is 394 g/mol. The van der Waals surface area contributed by atoms with Crippen molar-refractivity contribution in [2.75, 3.05) is 5.73 Å². The number of nitrogens with two attached hydrogens (primary N) is 1. The van der Waals surface area contributed by atoms with Crippen molar-refractivity contribution in [2.45, 2.75) is 4.90 Å². The van der Waals surface area contributed by atoms with Gasteiger partial charge in [-0.3, -0.25) is 9.35 Å². The molecule has 140 valence electrons. The maximum absolute atomic E-state index is 11.7. The Bertz CT molecular complexity index is 1390. The Morgan fingerprint density at radius 3 is 2.46 bits per heavy atom. The lowest BCUT2D eigenvalue weighted by Gasteiger charge is -2.17. The maximum atomic E-state index is 11.7. The lowest BCUT2D eigenvalue weighted by atomic mass is 9.91. The number of nitrogens with one attached hydrogen (secondary N) is 1. The normalized spacial score (nSPS) is 11.8. The quantitative estimate of drug-likeness (QED) is 0.211. The van der Waals surface area contributed by atoms with E-state index in [1.807, 2.05) is 0 Å². The van der Waals surface area contributed by atoms with Crippen LogP contribution in [0.1, 0.15) is 10.4 Å². The van der Waals surface area contributed by atoms with Gasteiger partial charge in [0.25, 0.3) is 10.1 Å². The summed E-state index contributed by atoms with van der Waals surface area (Å²) in [5.41, 5.74) is 8.66. The molecule has 4 rings (SSSR count). The Kier molecular flexibility index (Phi) is 4.02. The predicted octanol–water partition coefficient (Wildman–Crippen LogP) is 3.33. The fourth-order valence-corrected chi connectivity index (χ4v) is 3.74. The van der Waals surface area contributed by atoms with Gasteiger partial charge in [0.1, 0.15) is 11.3 Å². The SMILES string of the molecule is N=c1ccc2c(-c3ccc(S(=O)(=O)O)cc3C=O)c3ccc(N)cc3oc-2c1. The van der Waals surface area contributed by atoms with Crippen LogP contribution in [0.2, 0.25) is 0 Å². The Hall–Kier alpha value is -3.49. The van der Waals surface area contributed by atoms with Gasteiger partial charge < -0.3 is 15.6 Å². The van der Waals surface area contributed by atoms with E-state index in [2.05, 4.69) is 0 Å². The zero-order valence-electron chi connectivity index (χ0n) is 14.3. The van der Waals surface area contributed by atoms with Crippen LogP contribution in [-0.4, -0.2) is 19.3 Å². The number of carbonyl (C=O) groups is 1. The van der Waals surface area contributed by atoms with Gasteiger partial charge in [0.05, 0.1) is 10.3 Å². The summed E-state index contributed by atoms with van der Waals surface area (Å²) in [6.07, 6.45) is 0.530. The first-order chi connectivity index (χ1) is 13.3. The van der Waals surface area contributed by atoms with Crippen molar-refractivity contribution >= 4 is 33.1 Å². The van der Waals surface area contributed by atoms with Crippen LogP contribution in [0.25, 0.3) is 33.4 Å². The monoisotopic (exact) mass is 394 g/mol. The molecule has 1 heterocycles. The van der Waals surface area contributed by atoms with Crippen LogP contribution in [-0.2, 0) is 10.1 Å². The lowest BCUT2D eigenvalue weighted by molar-refractivity contribution is 0.112. The standard InChI is InChI=1S/C20H14N2O5S/c21-12-1-4-16-18(8-12)27-19-9-13(22)2-5-17(19)20(16)15-6-3-14(28(24,25)26)7-11(15)10-23/h1-10,21H,22H2,(H,24,25,26). The van der Waals surface area contributed by atoms with Crippen molar-refractivity contribution in [3.63, 3.8) is 0 Å². The minimum atomic E-state index is -4.45. The van der Waals surface area contributed by atoms with Crippen LogP contribution < -0.4 is 11.1 Å². The summed E-state index contributed by atoms with van der Waals surface area (Å²) in [4.78, 5) is 11.3. The molecule has 28 heavy (non-hydrogen) atoms. The van der Waals surface area contributed by atoms with E-state index in [1.54, 1.807) is 36.4 Å². The van der Waals surface area contributed by atoms with E-state index in [0.29, 0.717) is 45.4 Å². The first-order valence-electron chi connectivity index (χ1n) is 8.16. The molecule has 8 heteroatoms. The molecule has 0 atom stereocenters. The van der Waals surface area contributed by atoms with Crippen molar-refractivity contribution < 1.29 is 22.2 Å². The fraction of sp³-hybridized carbons (Fsp3) is 0. The van der Waals surface area contributed by atoms with E-state index in [1.165, 1.54) is 12.1 Å². The lowest BCUT2D eigenvalue weighted by Crippen LogP contribution is -2.03. The van der Waals surface area contributed by atoms with E-state index in [-0.39, 0.29) is 15.8 Å². The van der Waals surface area contributed by atoms with Crippen molar-refractivity contribution in [2.24, 2.45) is 0 Å². The molecule has 0 amide bonds. The zero-order valence-corrected chi connectivity index (χ0v) is 15.2. The van der Waals surface area contributed by atoms with Crippen LogP contribution in [0.3, 0.4) is 0 Å². The highest BCUT2D eigenvalue weighted by atomic mass is 32.2. The van der Waals surface area contributed by atoms with Gasteiger partial charge in [0.15, 0.2) is 6.29 Å². The second-order valence-electron chi connectivity index (χ2n) is 6.29. The number of hydrogen-bond acceptors (Lipinski definition) is 6. The first kappa shape index (κ1) is 17.9. The molecule has 0 radical (unpaired) electrons. The fourth-order valence-electron chi connectivity index (χ4n) is 3.22. The summed E-state index contributed by atoms with van der Waals surface area (Å²) >= 11 is 0. The topological polar surface area (TPSA) is 134 Å². The molecule has 0 bridgehead atoms. The van der Waals surface area contributed by atoms with Crippen molar-refractivity contribution in [1.29, 1.82) is 5.41 Å². The molecular weight excluding hydrogens is 380 g/mol. The van der Waals surface area contributed by atoms with E-state index in [4.69, 9.17) is 15.6 Å². The number of rotatable bonds is 3. The molecule has 2 aromatic rings. The van der Waals surface area contributed by atoms with E-state index in [0.717, 1.165) is 6.07 Å². The second-order valence-corrected chi connectivity index (χ2v) is 7.71. The van der Waals surface area contributed by atoms with Gasteiger partial charge in [-0.1, -0.05) is 6.07 Å². The number of benzene rings is 3. The van der Waals surface area contributed by atoms with Crippen LogP contribution in [0.5, 0.6) is 0 Å². The second kappa shape index (κ2) is 6.29. The Morgan fingerprint density at radius 1 is 1.00 bits per heavy atom. The Morgan fingerprint density at radius 2 is 1.75 bits per heavy atom. The van der Waals surface area contributed by atoms with E-state index >= 15 is 0 Å². The minimum absolute atomic E-state index is 0.0932. The van der Waals surface area contributed by atoms with Gasteiger partial charge in [-0.05, 0) is 42.0 Å². The molecule has 0 aromatic heterocycles. The molecule has 7 nitrogen and oxygen atoms in total. The smallest absolute Gasteiger partial charge is 0.294 e. The number of carbonyl (C=O) groups excluding carboxylic acids is 1. The van der Waals surface area contributed by atoms with Crippen molar-refractivity contribution in [3.8, 4) is 22.5 Å². The highest BCUT2D eigenvalue weighted by molar-refractivity contribution is 7.85. The molecule has 0 fully saturated rings. The molecule has 0 spiro atoms.